The molecule has 118 valence electrons. The molecule has 0 aliphatic heterocycles. The van der Waals surface area contributed by atoms with Gasteiger partial charge in [-0.25, -0.2) is 4.79 Å². The summed E-state index contributed by atoms with van der Waals surface area (Å²) < 4.78 is 10.8. The Hall–Kier alpha value is -1.75. The molecule has 21 heavy (non-hydrogen) atoms. The van der Waals surface area contributed by atoms with Gasteiger partial charge in [0.1, 0.15) is 12.4 Å². The number of carbonyl (C=O) groups excluding carboxylic acids is 1. The number of nitrogens with zero attached hydrogens (tertiary/aromatic N) is 1. The molecular formula is C16H26N2O3. The van der Waals surface area contributed by atoms with Crippen molar-refractivity contribution in [1.29, 1.82) is 0 Å². The molecule has 0 bridgehead atoms. The zero-order valence-corrected chi connectivity index (χ0v) is 13.4. The molecule has 1 rings (SSSR count). The fraction of sp³-hybridized carbons (Fsp3) is 0.562. The predicted octanol–water partition coefficient (Wildman–Crippen LogP) is 2.55. The van der Waals surface area contributed by atoms with Crippen molar-refractivity contribution in [3.63, 3.8) is 0 Å². The van der Waals surface area contributed by atoms with Crippen LogP contribution in [0.4, 0.5) is 5.69 Å². The molecule has 1 aromatic rings. The largest absolute Gasteiger partial charge is 0.492 e. The van der Waals surface area contributed by atoms with E-state index in [9.17, 15) is 4.79 Å². The number of rotatable bonds is 8. The first-order valence-electron chi connectivity index (χ1n) is 7.46. The van der Waals surface area contributed by atoms with Crippen molar-refractivity contribution >= 4 is 11.7 Å². The van der Waals surface area contributed by atoms with Crippen LogP contribution >= 0.6 is 0 Å². The first-order chi connectivity index (χ1) is 10.0. The van der Waals surface area contributed by atoms with Crippen LogP contribution in [-0.2, 0) is 4.74 Å². The summed E-state index contributed by atoms with van der Waals surface area (Å²) in [5.74, 6) is 0.165. The fourth-order valence-electron chi connectivity index (χ4n) is 2.17. The highest BCUT2D eigenvalue weighted by atomic mass is 16.5. The van der Waals surface area contributed by atoms with Gasteiger partial charge < -0.3 is 15.2 Å². The molecule has 0 radical (unpaired) electrons. The Balaban J connectivity index is 2.65. The monoisotopic (exact) mass is 294 g/mol. The van der Waals surface area contributed by atoms with Gasteiger partial charge in [0.05, 0.1) is 17.9 Å². The zero-order chi connectivity index (χ0) is 15.8. The molecule has 0 saturated heterocycles. The van der Waals surface area contributed by atoms with Crippen LogP contribution < -0.4 is 10.5 Å². The highest BCUT2D eigenvalue weighted by Gasteiger charge is 2.15. The highest BCUT2D eigenvalue weighted by Crippen LogP contribution is 2.23. The lowest BCUT2D eigenvalue weighted by molar-refractivity contribution is 0.0381. The smallest absolute Gasteiger partial charge is 0.338 e. The normalized spacial score (nSPS) is 12.2. The Morgan fingerprint density at radius 1 is 1.29 bits per heavy atom. The average Bonchev–Trinajstić information content (AvgIpc) is 2.48. The molecule has 0 saturated carbocycles. The van der Waals surface area contributed by atoms with Gasteiger partial charge in [-0.1, -0.05) is 13.8 Å². The van der Waals surface area contributed by atoms with E-state index in [2.05, 4.69) is 25.7 Å². The Morgan fingerprint density at radius 3 is 2.52 bits per heavy atom. The minimum atomic E-state index is -0.352. The van der Waals surface area contributed by atoms with E-state index < -0.39 is 0 Å². The Bertz CT molecular complexity index is 459. The lowest BCUT2D eigenvalue weighted by Crippen LogP contribution is -2.36. The van der Waals surface area contributed by atoms with E-state index in [4.69, 9.17) is 15.2 Å². The van der Waals surface area contributed by atoms with Crippen LogP contribution in [0.15, 0.2) is 18.2 Å². The third kappa shape index (κ3) is 4.93. The number of anilines is 1. The maximum absolute atomic E-state index is 12.1. The molecule has 0 aromatic heterocycles. The Kier molecular flexibility index (Phi) is 7.02. The Morgan fingerprint density at radius 2 is 1.95 bits per heavy atom. The number of nitrogen functional groups attached to an aromatic ring is 1. The molecule has 0 aliphatic carbocycles. The number of likely N-dealkylation sites (N-methyl/N-ethyl adjacent to an activating group) is 1. The van der Waals surface area contributed by atoms with Gasteiger partial charge in [0.15, 0.2) is 0 Å². The van der Waals surface area contributed by atoms with Crippen LogP contribution in [0.1, 0.15) is 38.1 Å². The molecule has 0 fully saturated rings. The zero-order valence-electron chi connectivity index (χ0n) is 13.4. The van der Waals surface area contributed by atoms with Crippen LogP contribution in [0.3, 0.4) is 0 Å². The van der Waals surface area contributed by atoms with Gasteiger partial charge in [-0.05, 0) is 45.1 Å². The van der Waals surface area contributed by atoms with Crippen LogP contribution in [0.2, 0.25) is 0 Å². The molecule has 0 heterocycles. The number of nitrogens with two attached hydrogens (primary N) is 1. The number of benzene rings is 1. The summed E-state index contributed by atoms with van der Waals surface area (Å²) in [5, 5.41) is 0. The predicted molar refractivity (Wildman–Crippen MR) is 84.7 cm³/mol. The van der Waals surface area contributed by atoms with Crippen LogP contribution in [0.5, 0.6) is 5.75 Å². The molecule has 2 N–H and O–H groups in total. The van der Waals surface area contributed by atoms with Crippen molar-refractivity contribution in [2.75, 3.05) is 32.0 Å². The number of esters is 1. The highest BCUT2D eigenvalue weighted by molar-refractivity contribution is 5.90. The molecular weight excluding hydrogens is 268 g/mol. The van der Waals surface area contributed by atoms with Crippen molar-refractivity contribution in [2.24, 2.45) is 0 Å². The summed E-state index contributed by atoms with van der Waals surface area (Å²) >= 11 is 0. The lowest BCUT2D eigenvalue weighted by Gasteiger charge is -2.25. The maximum atomic E-state index is 12.1. The molecule has 0 unspecified atom stereocenters. The number of hydrogen-bond donors (Lipinski definition) is 1. The van der Waals surface area contributed by atoms with Crippen molar-refractivity contribution in [3.8, 4) is 5.75 Å². The van der Waals surface area contributed by atoms with Gasteiger partial charge in [0.2, 0.25) is 0 Å². The van der Waals surface area contributed by atoms with E-state index in [1.54, 1.807) is 18.2 Å². The van der Waals surface area contributed by atoms with Crippen molar-refractivity contribution < 1.29 is 14.3 Å². The second-order valence-corrected chi connectivity index (χ2v) is 4.85. The first-order valence-corrected chi connectivity index (χ1v) is 7.46. The third-order valence-electron chi connectivity index (χ3n) is 3.44. The molecule has 0 aliphatic rings. The van der Waals surface area contributed by atoms with Crippen molar-refractivity contribution in [2.45, 2.75) is 33.7 Å². The summed E-state index contributed by atoms with van der Waals surface area (Å²) in [6, 6.07) is 5.14. The SMILES string of the molecule is CCOc1cc(C(=O)OC[C@H](C)N(CC)CC)ccc1N. The third-order valence-corrected chi connectivity index (χ3v) is 3.44. The summed E-state index contributed by atoms with van der Waals surface area (Å²) in [5.41, 5.74) is 6.77. The van der Waals surface area contributed by atoms with Crippen LogP contribution in [0.25, 0.3) is 0 Å². The minimum absolute atomic E-state index is 0.198. The molecule has 0 spiro atoms. The van der Waals surface area contributed by atoms with Gasteiger partial charge in [-0.15, -0.1) is 0 Å². The van der Waals surface area contributed by atoms with Crippen molar-refractivity contribution in [3.05, 3.63) is 23.8 Å². The standard InChI is InChI=1S/C16H26N2O3/c1-5-18(6-2)12(4)11-21-16(19)13-8-9-14(17)15(10-13)20-7-3/h8-10,12H,5-7,11,17H2,1-4H3/t12-/m0/s1. The second kappa shape index (κ2) is 8.52. The lowest BCUT2D eigenvalue weighted by atomic mass is 10.2. The maximum Gasteiger partial charge on any atom is 0.338 e. The minimum Gasteiger partial charge on any atom is -0.492 e. The Labute approximate surface area is 127 Å². The molecule has 0 amide bonds. The number of hydrogen-bond acceptors (Lipinski definition) is 5. The van der Waals surface area contributed by atoms with Gasteiger partial charge in [0.25, 0.3) is 0 Å². The molecule has 5 nitrogen and oxygen atoms in total. The summed E-state index contributed by atoms with van der Waals surface area (Å²) in [6.45, 7) is 10.9. The second-order valence-electron chi connectivity index (χ2n) is 4.85. The van der Waals surface area contributed by atoms with Gasteiger partial charge in [-0.2, -0.15) is 0 Å². The van der Waals surface area contributed by atoms with E-state index in [1.807, 2.05) is 6.92 Å². The quantitative estimate of drug-likeness (QED) is 0.589. The summed E-state index contributed by atoms with van der Waals surface area (Å²) in [4.78, 5) is 14.3. The topological polar surface area (TPSA) is 64.8 Å². The average molecular weight is 294 g/mol. The van der Waals surface area contributed by atoms with E-state index in [0.717, 1.165) is 13.1 Å². The van der Waals surface area contributed by atoms with Crippen molar-refractivity contribution in [1.82, 2.24) is 4.90 Å². The summed E-state index contributed by atoms with van der Waals surface area (Å²) in [6.07, 6.45) is 0. The number of ether oxygens (including phenoxy) is 2. The number of carbonyl (C=O) groups is 1. The van der Waals surface area contributed by atoms with E-state index in [1.165, 1.54) is 0 Å². The van der Waals surface area contributed by atoms with Gasteiger partial charge >= 0.3 is 5.97 Å². The van der Waals surface area contributed by atoms with E-state index in [0.29, 0.717) is 30.2 Å². The van der Waals surface area contributed by atoms with E-state index >= 15 is 0 Å². The summed E-state index contributed by atoms with van der Waals surface area (Å²) in [7, 11) is 0. The van der Waals surface area contributed by atoms with Crippen LogP contribution in [-0.4, -0.2) is 43.2 Å². The molecule has 1 atom stereocenters. The first kappa shape index (κ1) is 17.3. The molecule has 5 heteroatoms. The molecule has 1 aromatic carbocycles. The fourth-order valence-corrected chi connectivity index (χ4v) is 2.17. The van der Waals surface area contributed by atoms with Crippen LogP contribution in [0, 0.1) is 0 Å². The van der Waals surface area contributed by atoms with Gasteiger partial charge in [-0.3, -0.25) is 4.90 Å². The van der Waals surface area contributed by atoms with Gasteiger partial charge in [0, 0.05) is 6.04 Å². The van der Waals surface area contributed by atoms with E-state index in [-0.39, 0.29) is 12.0 Å².